The van der Waals surface area contributed by atoms with E-state index >= 15 is 0 Å². The van der Waals surface area contributed by atoms with Crippen molar-refractivity contribution in [1.82, 2.24) is 5.32 Å². The second kappa shape index (κ2) is 50.4. The van der Waals surface area contributed by atoms with Gasteiger partial charge < -0.3 is 34.0 Å². The highest BCUT2D eigenvalue weighted by Gasteiger charge is 2.29. The number of quaternary nitrogens is 1. The monoisotopic (exact) mass is 1010 g/mol. The molecule has 71 heavy (non-hydrogen) atoms. The number of carbonyl (C=O) groups excluding carboxylic acids is 1. The van der Waals surface area contributed by atoms with Crippen LogP contribution in [0.5, 0.6) is 0 Å². The van der Waals surface area contributed by atoms with Crippen LogP contribution in [0.1, 0.15) is 200 Å². The number of aliphatic hydroxyl groups is 2. The number of carbonyl (C=O) groups is 1. The summed E-state index contributed by atoms with van der Waals surface area (Å²) in [5.74, 6) is -0.302. The van der Waals surface area contributed by atoms with Gasteiger partial charge in [0.1, 0.15) is 19.3 Å². The van der Waals surface area contributed by atoms with Gasteiger partial charge in [0, 0.05) is 6.42 Å². The van der Waals surface area contributed by atoms with Crippen LogP contribution in [0.2, 0.25) is 0 Å². The quantitative estimate of drug-likeness (QED) is 0.0240. The summed E-state index contributed by atoms with van der Waals surface area (Å²) in [6, 6.07) is -1.11. The molecule has 9 nitrogen and oxygen atoms in total. The van der Waals surface area contributed by atoms with Crippen molar-refractivity contribution in [3.63, 3.8) is 0 Å². The van der Waals surface area contributed by atoms with Gasteiger partial charge in [0.2, 0.25) is 5.91 Å². The predicted molar refractivity (Wildman–Crippen MR) is 303 cm³/mol. The fraction of sp³-hybridized carbons (Fsp3) is 0.656. The molecule has 10 heteroatoms. The van der Waals surface area contributed by atoms with Gasteiger partial charge in [-0.3, -0.25) is 9.36 Å². The molecule has 4 unspecified atom stereocenters. The molecule has 3 N–H and O–H groups in total. The molecule has 0 saturated carbocycles. The van der Waals surface area contributed by atoms with Crippen LogP contribution in [0.25, 0.3) is 0 Å². The summed E-state index contributed by atoms with van der Waals surface area (Å²) in [4.78, 5) is 25.5. The van der Waals surface area contributed by atoms with Crippen molar-refractivity contribution < 1.29 is 38.0 Å². The number of allylic oxidation sites excluding steroid dienone is 20. The summed E-state index contributed by atoms with van der Waals surface area (Å²) in [5.41, 5.74) is 0. The Morgan fingerprint density at radius 2 is 0.915 bits per heavy atom. The van der Waals surface area contributed by atoms with Crippen LogP contribution in [-0.2, 0) is 18.4 Å². The van der Waals surface area contributed by atoms with E-state index in [9.17, 15) is 24.5 Å². The van der Waals surface area contributed by atoms with Crippen molar-refractivity contribution in [3.05, 3.63) is 122 Å². The maximum atomic E-state index is 13.0. The first-order valence-electron chi connectivity index (χ1n) is 27.9. The molecule has 0 aliphatic carbocycles. The van der Waals surface area contributed by atoms with Gasteiger partial charge in [0.25, 0.3) is 7.82 Å². The average molecular weight is 1010 g/mol. The molecule has 0 aliphatic rings. The lowest BCUT2D eigenvalue weighted by atomic mass is 10.0. The lowest BCUT2D eigenvalue weighted by Gasteiger charge is -2.31. The van der Waals surface area contributed by atoms with Crippen LogP contribution in [0.15, 0.2) is 122 Å². The van der Waals surface area contributed by atoms with Gasteiger partial charge in [-0.2, -0.15) is 0 Å². The zero-order valence-electron chi connectivity index (χ0n) is 45.7. The molecule has 0 aromatic heterocycles. The van der Waals surface area contributed by atoms with Crippen LogP contribution >= 0.6 is 7.82 Å². The molecule has 406 valence electrons. The van der Waals surface area contributed by atoms with Crippen molar-refractivity contribution in [2.24, 2.45) is 0 Å². The van der Waals surface area contributed by atoms with E-state index in [0.29, 0.717) is 30.3 Å². The van der Waals surface area contributed by atoms with Crippen LogP contribution in [0.4, 0.5) is 0 Å². The molecular formula is C61H105N2O7P. The Kier molecular flexibility index (Phi) is 48.2. The Balaban J connectivity index is 4.17. The summed E-state index contributed by atoms with van der Waals surface area (Å²) >= 11 is 0. The molecule has 4 atom stereocenters. The first-order chi connectivity index (χ1) is 34.4. The van der Waals surface area contributed by atoms with E-state index in [1.54, 1.807) is 0 Å². The SMILES string of the molecule is C/C=C/CC/C=C/CC/C=C/CCCC(O)C(O)C(COP(=O)([O-])OCC[N+](C)(C)C)NC(=O)CCCCCCCCCCCCCCC/C=C\C/C=C\C/C=C\C/C=C\C/C=C\C/C=C\C/C=C\CC. The van der Waals surface area contributed by atoms with E-state index < -0.39 is 32.7 Å². The van der Waals surface area contributed by atoms with E-state index in [4.69, 9.17) is 9.05 Å². The number of hydrogen-bond acceptors (Lipinski definition) is 7. The topological polar surface area (TPSA) is 128 Å². The van der Waals surface area contributed by atoms with Gasteiger partial charge in [0.15, 0.2) is 0 Å². The molecule has 0 heterocycles. The molecule has 0 radical (unpaired) electrons. The van der Waals surface area contributed by atoms with Gasteiger partial charge in [-0.1, -0.05) is 199 Å². The van der Waals surface area contributed by atoms with Gasteiger partial charge in [-0.15, -0.1) is 0 Å². The van der Waals surface area contributed by atoms with Crippen LogP contribution in [0.3, 0.4) is 0 Å². The number of aliphatic hydroxyl groups excluding tert-OH is 2. The summed E-state index contributed by atoms with van der Waals surface area (Å²) < 4.78 is 23.2. The molecule has 1 amide bonds. The van der Waals surface area contributed by atoms with Gasteiger partial charge in [-0.25, -0.2) is 0 Å². The van der Waals surface area contributed by atoms with Gasteiger partial charge in [-0.05, 0) is 116 Å². The molecule has 0 aromatic carbocycles. The molecule has 0 fully saturated rings. The van der Waals surface area contributed by atoms with Gasteiger partial charge >= 0.3 is 0 Å². The molecule has 0 aliphatic heterocycles. The molecule has 0 saturated heterocycles. The highest BCUT2D eigenvalue weighted by Crippen LogP contribution is 2.38. The smallest absolute Gasteiger partial charge is 0.268 e. The fourth-order valence-corrected chi connectivity index (χ4v) is 8.17. The zero-order valence-corrected chi connectivity index (χ0v) is 46.6. The maximum absolute atomic E-state index is 13.0. The summed E-state index contributed by atoms with van der Waals surface area (Å²) in [6.07, 6.45) is 71.4. The van der Waals surface area contributed by atoms with Gasteiger partial charge in [0.05, 0.1) is 39.9 Å². The Morgan fingerprint density at radius 3 is 1.37 bits per heavy atom. The van der Waals surface area contributed by atoms with Crippen molar-refractivity contribution in [2.75, 3.05) is 40.9 Å². The van der Waals surface area contributed by atoms with Crippen LogP contribution < -0.4 is 10.2 Å². The third-order valence-electron chi connectivity index (χ3n) is 11.8. The number of likely N-dealkylation sites (N-methyl/N-ethyl adjacent to an activating group) is 1. The highest BCUT2D eigenvalue weighted by atomic mass is 31.2. The van der Waals surface area contributed by atoms with Crippen molar-refractivity contribution in [3.8, 4) is 0 Å². The van der Waals surface area contributed by atoms with Crippen LogP contribution in [0, 0.1) is 0 Å². The summed E-state index contributed by atoms with van der Waals surface area (Å²) in [6.45, 7) is 4.06. The second-order valence-electron chi connectivity index (χ2n) is 19.7. The molecule has 0 aromatic rings. The third kappa shape index (κ3) is 51.6. The molecule has 0 spiro atoms. The Labute approximate surface area is 436 Å². The first-order valence-corrected chi connectivity index (χ1v) is 29.4. The van der Waals surface area contributed by atoms with E-state index in [2.05, 4.69) is 134 Å². The van der Waals surface area contributed by atoms with Crippen molar-refractivity contribution >= 4 is 13.7 Å². The Hall–Kier alpha value is -3.14. The number of hydrogen-bond donors (Lipinski definition) is 3. The van der Waals surface area contributed by atoms with E-state index in [-0.39, 0.29) is 18.9 Å². The minimum absolute atomic E-state index is 0.0559. The Morgan fingerprint density at radius 1 is 0.535 bits per heavy atom. The number of nitrogens with one attached hydrogen (secondary N) is 1. The van der Waals surface area contributed by atoms with E-state index in [0.717, 1.165) is 96.3 Å². The zero-order chi connectivity index (χ0) is 52.2. The number of amides is 1. The normalized spacial score (nSPS) is 15.3. The molecule has 0 rings (SSSR count). The van der Waals surface area contributed by atoms with Crippen molar-refractivity contribution in [2.45, 2.75) is 218 Å². The third-order valence-corrected chi connectivity index (χ3v) is 12.8. The fourth-order valence-electron chi connectivity index (χ4n) is 7.45. The predicted octanol–water partition coefficient (Wildman–Crippen LogP) is 15.3. The first kappa shape index (κ1) is 67.9. The minimum atomic E-state index is -4.69. The van der Waals surface area contributed by atoms with Crippen molar-refractivity contribution in [1.29, 1.82) is 0 Å². The lowest BCUT2D eigenvalue weighted by Crippen LogP contribution is -2.51. The largest absolute Gasteiger partial charge is 0.756 e. The number of nitrogens with zero attached hydrogens (tertiary/aromatic N) is 1. The maximum Gasteiger partial charge on any atom is 0.268 e. The van der Waals surface area contributed by atoms with Crippen LogP contribution in [-0.4, -0.2) is 79.8 Å². The summed E-state index contributed by atoms with van der Waals surface area (Å²) in [5, 5.41) is 24.7. The molecule has 0 bridgehead atoms. The van der Waals surface area contributed by atoms with E-state index in [1.165, 1.54) is 64.2 Å². The number of unbranched alkanes of at least 4 members (excludes halogenated alkanes) is 16. The lowest BCUT2D eigenvalue weighted by molar-refractivity contribution is -0.870. The van der Waals surface area contributed by atoms with E-state index in [1.807, 2.05) is 28.1 Å². The Bertz CT molecular complexity index is 1580. The number of rotatable bonds is 49. The standard InChI is InChI=1S/C61H105N2O7P/c1-6-8-10-12-14-16-18-20-21-22-23-24-25-26-27-28-29-30-31-32-33-34-35-36-37-38-39-40-41-42-44-46-48-50-52-54-60(65)62-58(57-70-71(67,68)69-56-55-63(3,4)5)61(66)59(64)53-51-49-47-45-43-19-17-15-13-11-9-7-2/h7-10,14-17,20-21,23-24,26-27,29-30,32-33,45,47,58-59,61,64,66H,6,11-13,18-19,22,25,28,31,34-44,46,48-57H2,1-5H3,(H-,62,65,67,68)/b9-7+,10-8-,16-14-,17-15+,21-20-,24-23-,27-26-,30-29-,33-32-,47-45+. The highest BCUT2D eigenvalue weighted by molar-refractivity contribution is 7.45. The minimum Gasteiger partial charge on any atom is -0.756 e. The number of phosphoric ester groups is 1. The number of phosphoric acid groups is 1. The summed E-state index contributed by atoms with van der Waals surface area (Å²) in [7, 11) is 1.08. The average Bonchev–Trinajstić information content (AvgIpc) is 3.33. The second-order valence-corrected chi connectivity index (χ2v) is 21.1. The molecular weight excluding hydrogens is 904 g/mol.